The summed E-state index contributed by atoms with van der Waals surface area (Å²) in [6, 6.07) is 7.84. The Morgan fingerprint density at radius 2 is 1.90 bits per heavy atom. The van der Waals surface area contributed by atoms with Gasteiger partial charge in [-0.15, -0.1) is 0 Å². The van der Waals surface area contributed by atoms with Crippen molar-refractivity contribution in [1.29, 1.82) is 0 Å². The van der Waals surface area contributed by atoms with Crippen LogP contribution in [-0.2, 0) is 16.1 Å². The van der Waals surface area contributed by atoms with Gasteiger partial charge in [0.25, 0.3) is 0 Å². The summed E-state index contributed by atoms with van der Waals surface area (Å²) in [7, 11) is 0. The van der Waals surface area contributed by atoms with E-state index in [0.717, 1.165) is 41.9 Å². The third-order valence-corrected chi connectivity index (χ3v) is 5.63. The van der Waals surface area contributed by atoms with Crippen molar-refractivity contribution in [2.75, 3.05) is 29.9 Å². The Bertz CT molecular complexity index is 878. The molecule has 2 fully saturated rings. The summed E-state index contributed by atoms with van der Waals surface area (Å²) in [4.78, 5) is 34.5. The zero-order valence-electron chi connectivity index (χ0n) is 17.2. The summed E-state index contributed by atoms with van der Waals surface area (Å²) >= 11 is 0. The predicted molar refractivity (Wildman–Crippen MR) is 115 cm³/mol. The minimum absolute atomic E-state index is 0.0619. The lowest BCUT2D eigenvalue weighted by Gasteiger charge is -2.39. The minimum Gasteiger partial charge on any atom is -0.355 e. The van der Waals surface area contributed by atoms with Crippen LogP contribution in [-0.4, -0.2) is 41.4 Å². The smallest absolute Gasteiger partial charge is 0.225 e. The maximum absolute atomic E-state index is 12.1. The van der Waals surface area contributed by atoms with Crippen LogP contribution in [0, 0.1) is 11.8 Å². The van der Waals surface area contributed by atoms with Gasteiger partial charge >= 0.3 is 0 Å². The molecule has 8 heteroatoms. The third-order valence-electron chi connectivity index (χ3n) is 5.63. The second kappa shape index (κ2) is 9.11. The van der Waals surface area contributed by atoms with E-state index in [1.54, 1.807) is 12.4 Å². The zero-order valence-corrected chi connectivity index (χ0v) is 17.2. The molecule has 8 nitrogen and oxygen atoms in total. The van der Waals surface area contributed by atoms with Crippen LogP contribution in [0.3, 0.4) is 0 Å². The Labute approximate surface area is 176 Å². The molecule has 158 valence electrons. The first-order valence-electron chi connectivity index (χ1n) is 10.6. The van der Waals surface area contributed by atoms with Crippen LogP contribution in [0.15, 0.2) is 36.7 Å². The summed E-state index contributed by atoms with van der Waals surface area (Å²) in [6.45, 7) is 5.18. The van der Waals surface area contributed by atoms with E-state index < -0.39 is 0 Å². The lowest BCUT2D eigenvalue weighted by atomic mass is 9.96. The van der Waals surface area contributed by atoms with E-state index in [1.165, 1.54) is 12.8 Å². The Morgan fingerprint density at radius 1 is 1.17 bits per heavy atom. The van der Waals surface area contributed by atoms with Gasteiger partial charge in [-0.2, -0.15) is 0 Å². The molecule has 2 aliphatic heterocycles. The van der Waals surface area contributed by atoms with Gasteiger partial charge in [0.05, 0.1) is 24.0 Å². The first-order chi connectivity index (χ1) is 14.6. The van der Waals surface area contributed by atoms with Crippen molar-refractivity contribution >= 4 is 29.1 Å². The van der Waals surface area contributed by atoms with E-state index in [0.29, 0.717) is 13.1 Å². The largest absolute Gasteiger partial charge is 0.355 e. The first-order valence-corrected chi connectivity index (χ1v) is 10.6. The van der Waals surface area contributed by atoms with Crippen molar-refractivity contribution in [3.05, 3.63) is 42.2 Å². The molecule has 1 aromatic carbocycles. The average Bonchev–Trinajstić information content (AvgIpc) is 3.17. The summed E-state index contributed by atoms with van der Waals surface area (Å²) in [5.74, 6) is 1.15. The van der Waals surface area contributed by atoms with Crippen LogP contribution in [0.4, 0.5) is 17.3 Å². The van der Waals surface area contributed by atoms with Crippen LogP contribution < -0.4 is 20.9 Å². The van der Waals surface area contributed by atoms with Crippen molar-refractivity contribution in [1.82, 2.24) is 20.6 Å². The van der Waals surface area contributed by atoms with Gasteiger partial charge in [-0.05, 0) is 30.0 Å². The van der Waals surface area contributed by atoms with Gasteiger partial charge in [0, 0.05) is 38.3 Å². The monoisotopic (exact) mass is 408 g/mol. The summed E-state index contributed by atoms with van der Waals surface area (Å²) in [6.07, 6.45) is 6.38. The number of nitrogens with one attached hydrogen (secondary N) is 3. The molecule has 1 atom stereocenters. The normalized spacial score (nSPS) is 18.6. The van der Waals surface area contributed by atoms with Crippen LogP contribution in [0.2, 0.25) is 0 Å². The Kier molecular flexibility index (Phi) is 6.11. The van der Waals surface area contributed by atoms with Gasteiger partial charge in [0.1, 0.15) is 0 Å². The van der Waals surface area contributed by atoms with Crippen molar-refractivity contribution in [3.8, 4) is 0 Å². The van der Waals surface area contributed by atoms with Gasteiger partial charge in [0.15, 0.2) is 0 Å². The van der Waals surface area contributed by atoms with Crippen LogP contribution >= 0.6 is 0 Å². The van der Waals surface area contributed by atoms with Gasteiger partial charge in [-0.25, -0.2) is 9.97 Å². The Morgan fingerprint density at radius 3 is 2.53 bits per heavy atom. The van der Waals surface area contributed by atoms with Gasteiger partial charge in [0.2, 0.25) is 17.8 Å². The molecule has 2 aromatic rings. The standard InChI is InChI=1S/C22H28N6O2/c1-2-3-16-13-28(14-16)22-25-11-19(12-26-22)27-18-6-4-15(5-7-18)9-24-21(30)17-8-20(29)23-10-17/h4-7,11-12,16-17,27H,2-3,8-10,13-14H2,1H3,(H,23,29)(H,24,30). The lowest BCUT2D eigenvalue weighted by molar-refractivity contribution is -0.126. The summed E-state index contributed by atoms with van der Waals surface area (Å²) < 4.78 is 0. The highest BCUT2D eigenvalue weighted by molar-refractivity contribution is 5.89. The molecule has 2 amide bonds. The van der Waals surface area contributed by atoms with Gasteiger partial charge in [-0.3, -0.25) is 9.59 Å². The molecule has 4 rings (SSSR count). The quantitative estimate of drug-likeness (QED) is 0.619. The van der Waals surface area contributed by atoms with E-state index in [1.807, 2.05) is 24.3 Å². The molecule has 2 saturated heterocycles. The number of carbonyl (C=O) groups excluding carboxylic acids is 2. The number of hydrogen-bond acceptors (Lipinski definition) is 6. The number of benzene rings is 1. The van der Waals surface area contributed by atoms with Crippen molar-refractivity contribution in [2.45, 2.75) is 32.7 Å². The van der Waals surface area contributed by atoms with E-state index in [-0.39, 0.29) is 24.2 Å². The van der Waals surface area contributed by atoms with Gasteiger partial charge in [-0.1, -0.05) is 25.5 Å². The molecular formula is C22H28N6O2. The topological polar surface area (TPSA) is 99.3 Å². The molecule has 1 aromatic heterocycles. The predicted octanol–water partition coefficient (Wildman–Crippen LogP) is 2.21. The van der Waals surface area contributed by atoms with Crippen molar-refractivity contribution in [2.24, 2.45) is 11.8 Å². The number of anilines is 3. The number of carbonyl (C=O) groups is 2. The SMILES string of the molecule is CCCC1CN(c2ncc(Nc3ccc(CNC(=O)C4CNC(=O)C4)cc3)cn2)C1. The first kappa shape index (κ1) is 20.1. The third kappa shape index (κ3) is 4.87. The maximum Gasteiger partial charge on any atom is 0.225 e. The number of nitrogens with zero attached hydrogens (tertiary/aromatic N) is 3. The van der Waals surface area contributed by atoms with E-state index >= 15 is 0 Å². The number of amides is 2. The summed E-state index contributed by atoms with van der Waals surface area (Å²) in [5, 5.41) is 8.87. The Hall–Kier alpha value is -3.16. The zero-order chi connectivity index (χ0) is 20.9. The van der Waals surface area contributed by atoms with Crippen LogP contribution in [0.25, 0.3) is 0 Å². The fourth-order valence-electron chi connectivity index (χ4n) is 3.87. The average molecular weight is 409 g/mol. The number of rotatable bonds is 8. The molecule has 3 heterocycles. The summed E-state index contributed by atoms with van der Waals surface area (Å²) in [5.41, 5.74) is 2.76. The van der Waals surface area contributed by atoms with Crippen molar-refractivity contribution < 1.29 is 9.59 Å². The highest BCUT2D eigenvalue weighted by Crippen LogP contribution is 2.25. The molecule has 0 radical (unpaired) electrons. The molecular weight excluding hydrogens is 380 g/mol. The molecule has 1 unspecified atom stereocenters. The number of hydrogen-bond donors (Lipinski definition) is 3. The highest BCUT2D eigenvalue weighted by Gasteiger charge is 2.28. The Balaban J connectivity index is 1.24. The molecule has 0 aliphatic carbocycles. The minimum atomic E-state index is -0.268. The molecule has 2 aliphatic rings. The van der Waals surface area contributed by atoms with Crippen LogP contribution in [0.1, 0.15) is 31.7 Å². The molecule has 0 saturated carbocycles. The molecule has 0 bridgehead atoms. The fourth-order valence-corrected chi connectivity index (χ4v) is 3.87. The maximum atomic E-state index is 12.1. The van der Waals surface area contributed by atoms with Crippen molar-refractivity contribution in [3.63, 3.8) is 0 Å². The van der Waals surface area contributed by atoms with E-state index in [9.17, 15) is 9.59 Å². The van der Waals surface area contributed by atoms with Crippen LogP contribution in [0.5, 0.6) is 0 Å². The molecule has 30 heavy (non-hydrogen) atoms. The van der Waals surface area contributed by atoms with E-state index in [2.05, 4.69) is 37.7 Å². The second-order valence-corrected chi connectivity index (χ2v) is 8.08. The second-order valence-electron chi connectivity index (χ2n) is 8.08. The fraction of sp³-hybridized carbons (Fsp3) is 0.455. The highest BCUT2D eigenvalue weighted by atomic mass is 16.2. The lowest BCUT2D eigenvalue weighted by Crippen LogP contribution is -2.47. The van der Waals surface area contributed by atoms with Gasteiger partial charge < -0.3 is 20.9 Å². The number of aromatic nitrogens is 2. The molecule has 3 N–H and O–H groups in total. The molecule has 0 spiro atoms. The van der Waals surface area contributed by atoms with E-state index in [4.69, 9.17) is 0 Å².